The number of amides is 1. The van der Waals surface area contributed by atoms with Crippen LogP contribution in [0.4, 0.5) is 5.95 Å². The molecule has 0 radical (unpaired) electrons. The summed E-state index contributed by atoms with van der Waals surface area (Å²) in [5.74, 6) is 0.709. The van der Waals surface area contributed by atoms with E-state index in [1.54, 1.807) is 23.4 Å². The van der Waals surface area contributed by atoms with Gasteiger partial charge in [-0.3, -0.25) is 4.79 Å². The molecule has 1 amide bonds. The summed E-state index contributed by atoms with van der Waals surface area (Å²) >= 11 is 0. The number of nitrogens with zero attached hydrogens (tertiary/aromatic N) is 6. The third-order valence-corrected chi connectivity index (χ3v) is 3.98. The molecular formula is C16H20N6O. The third-order valence-electron chi connectivity index (χ3n) is 3.98. The summed E-state index contributed by atoms with van der Waals surface area (Å²) in [6, 6.07) is 5.90. The van der Waals surface area contributed by atoms with Crippen LogP contribution < -0.4 is 4.90 Å². The normalized spacial score (nSPS) is 14.8. The highest BCUT2D eigenvalue weighted by atomic mass is 16.2. The highest BCUT2D eigenvalue weighted by molar-refractivity contribution is 5.79. The van der Waals surface area contributed by atoms with Crippen molar-refractivity contribution in [2.75, 3.05) is 31.1 Å². The zero-order chi connectivity index (χ0) is 16.5. The van der Waals surface area contributed by atoms with Crippen molar-refractivity contribution in [3.05, 3.63) is 18.5 Å². The molecule has 0 aromatic carbocycles. The van der Waals surface area contributed by atoms with Crippen LogP contribution in [0.1, 0.15) is 25.7 Å². The van der Waals surface area contributed by atoms with Gasteiger partial charge < -0.3 is 9.80 Å². The second-order valence-electron chi connectivity index (χ2n) is 5.45. The fourth-order valence-electron chi connectivity index (χ4n) is 2.74. The van der Waals surface area contributed by atoms with Crippen LogP contribution in [0.5, 0.6) is 0 Å². The van der Waals surface area contributed by atoms with Gasteiger partial charge in [-0.2, -0.15) is 10.5 Å². The van der Waals surface area contributed by atoms with Gasteiger partial charge >= 0.3 is 0 Å². The lowest BCUT2D eigenvalue weighted by Crippen LogP contribution is -2.43. The first-order valence-electron chi connectivity index (χ1n) is 7.81. The van der Waals surface area contributed by atoms with Crippen LogP contribution in [0.15, 0.2) is 18.5 Å². The molecule has 23 heavy (non-hydrogen) atoms. The molecule has 120 valence electrons. The molecule has 1 aliphatic rings. The van der Waals surface area contributed by atoms with Gasteiger partial charge in [0.25, 0.3) is 0 Å². The Kier molecular flexibility index (Phi) is 6.31. The molecule has 0 saturated carbocycles. The van der Waals surface area contributed by atoms with E-state index in [-0.39, 0.29) is 11.8 Å². The van der Waals surface area contributed by atoms with Crippen LogP contribution >= 0.6 is 0 Å². The van der Waals surface area contributed by atoms with E-state index in [9.17, 15) is 4.79 Å². The van der Waals surface area contributed by atoms with Crippen molar-refractivity contribution >= 4 is 11.9 Å². The summed E-state index contributed by atoms with van der Waals surface area (Å²) in [7, 11) is 0. The lowest BCUT2D eigenvalue weighted by molar-refractivity contribution is -0.136. The predicted molar refractivity (Wildman–Crippen MR) is 84.0 cm³/mol. The van der Waals surface area contributed by atoms with E-state index in [0.717, 1.165) is 25.9 Å². The molecule has 1 aliphatic heterocycles. The van der Waals surface area contributed by atoms with Crippen molar-refractivity contribution in [3.63, 3.8) is 0 Å². The summed E-state index contributed by atoms with van der Waals surface area (Å²) in [5.41, 5.74) is 0. The Hall–Kier alpha value is -2.67. The average Bonchev–Trinajstić information content (AvgIpc) is 2.62. The maximum atomic E-state index is 12.6. The van der Waals surface area contributed by atoms with E-state index >= 15 is 0 Å². The Morgan fingerprint density at radius 3 is 2.26 bits per heavy atom. The highest BCUT2D eigenvalue weighted by Crippen LogP contribution is 2.22. The number of piperidine rings is 1. The van der Waals surface area contributed by atoms with Gasteiger partial charge in [-0.15, -0.1) is 0 Å². The molecule has 0 atom stereocenters. The first kappa shape index (κ1) is 16.7. The van der Waals surface area contributed by atoms with E-state index in [2.05, 4.69) is 27.0 Å². The second kappa shape index (κ2) is 8.70. The maximum absolute atomic E-state index is 12.6. The summed E-state index contributed by atoms with van der Waals surface area (Å²) in [4.78, 5) is 24.8. The summed E-state index contributed by atoms with van der Waals surface area (Å²) < 4.78 is 0. The zero-order valence-electron chi connectivity index (χ0n) is 13.1. The molecule has 7 heteroatoms. The van der Waals surface area contributed by atoms with Crippen molar-refractivity contribution in [2.24, 2.45) is 5.92 Å². The summed E-state index contributed by atoms with van der Waals surface area (Å²) in [6.07, 6.45) is 5.51. The molecule has 0 bridgehead atoms. The molecule has 2 rings (SSSR count). The van der Waals surface area contributed by atoms with Crippen molar-refractivity contribution in [1.29, 1.82) is 10.5 Å². The Labute approximate surface area is 136 Å². The highest BCUT2D eigenvalue weighted by Gasteiger charge is 2.29. The van der Waals surface area contributed by atoms with Crippen LogP contribution in [0.3, 0.4) is 0 Å². The van der Waals surface area contributed by atoms with Crippen LogP contribution in [-0.4, -0.2) is 47.0 Å². The van der Waals surface area contributed by atoms with Gasteiger partial charge in [-0.25, -0.2) is 9.97 Å². The van der Waals surface area contributed by atoms with Crippen LogP contribution in [0, 0.1) is 28.6 Å². The molecule has 1 aromatic heterocycles. The number of hydrogen-bond acceptors (Lipinski definition) is 6. The van der Waals surface area contributed by atoms with Crippen molar-refractivity contribution in [3.8, 4) is 12.1 Å². The van der Waals surface area contributed by atoms with Gasteiger partial charge in [-0.05, 0) is 18.9 Å². The van der Waals surface area contributed by atoms with E-state index < -0.39 is 0 Å². The number of anilines is 1. The average molecular weight is 312 g/mol. The molecule has 7 nitrogen and oxygen atoms in total. The van der Waals surface area contributed by atoms with E-state index in [1.165, 1.54) is 0 Å². The minimum Gasteiger partial charge on any atom is -0.341 e. The molecule has 0 unspecified atom stereocenters. The van der Waals surface area contributed by atoms with Crippen molar-refractivity contribution in [1.82, 2.24) is 14.9 Å². The van der Waals surface area contributed by atoms with Gasteiger partial charge in [-0.1, -0.05) is 0 Å². The Balaban J connectivity index is 1.90. The monoisotopic (exact) mass is 312 g/mol. The van der Waals surface area contributed by atoms with Crippen LogP contribution in [0.25, 0.3) is 0 Å². The molecule has 1 aromatic rings. The molecule has 1 saturated heterocycles. The molecular weight excluding hydrogens is 292 g/mol. The number of carbonyl (C=O) groups excluding carboxylic acids is 1. The van der Waals surface area contributed by atoms with Crippen molar-refractivity contribution in [2.45, 2.75) is 25.7 Å². The number of carbonyl (C=O) groups is 1. The molecule has 1 fully saturated rings. The topological polar surface area (TPSA) is 96.9 Å². The molecule has 0 aliphatic carbocycles. The lowest BCUT2D eigenvalue weighted by atomic mass is 9.95. The quantitative estimate of drug-likeness (QED) is 0.786. The van der Waals surface area contributed by atoms with Gasteiger partial charge in [0.1, 0.15) is 0 Å². The van der Waals surface area contributed by atoms with E-state index in [1.807, 2.05) is 0 Å². The zero-order valence-corrected chi connectivity index (χ0v) is 13.1. The first-order valence-corrected chi connectivity index (χ1v) is 7.81. The van der Waals surface area contributed by atoms with Crippen LogP contribution in [-0.2, 0) is 4.79 Å². The van der Waals surface area contributed by atoms with Gasteiger partial charge in [0.15, 0.2) is 0 Å². The fraction of sp³-hybridized carbons (Fsp3) is 0.562. The smallest absolute Gasteiger partial charge is 0.225 e. The lowest BCUT2D eigenvalue weighted by Gasteiger charge is -2.33. The number of aromatic nitrogens is 2. The Morgan fingerprint density at radius 1 is 1.17 bits per heavy atom. The van der Waals surface area contributed by atoms with Gasteiger partial charge in [0, 0.05) is 44.5 Å². The number of hydrogen-bond donors (Lipinski definition) is 0. The summed E-state index contributed by atoms with van der Waals surface area (Å²) in [5, 5.41) is 17.4. The Morgan fingerprint density at radius 2 is 1.74 bits per heavy atom. The fourth-order valence-corrected chi connectivity index (χ4v) is 2.74. The largest absolute Gasteiger partial charge is 0.341 e. The number of rotatable bonds is 6. The first-order chi connectivity index (χ1) is 11.3. The maximum Gasteiger partial charge on any atom is 0.225 e. The van der Waals surface area contributed by atoms with E-state index in [0.29, 0.717) is 31.9 Å². The number of nitriles is 2. The second-order valence-corrected chi connectivity index (χ2v) is 5.45. The van der Waals surface area contributed by atoms with Gasteiger partial charge in [0.2, 0.25) is 11.9 Å². The Bertz CT molecular complexity index is 565. The van der Waals surface area contributed by atoms with Crippen molar-refractivity contribution < 1.29 is 4.79 Å². The molecule has 0 spiro atoms. The third kappa shape index (κ3) is 4.65. The molecule has 2 heterocycles. The minimum atomic E-state index is -0.0488. The van der Waals surface area contributed by atoms with Crippen LogP contribution in [0.2, 0.25) is 0 Å². The predicted octanol–water partition coefficient (Wildman–Crippen LogP) is 1.35. The standard InChI is InChI=1S/C16H20N6O/c17-6-1-10-21(11-2-7-18)15(23)14-4-12-22(13-5-14)16-19-8-3-9-20-16/h3,8-9,14H,1-2,4-5,10-13H2. The summed E-state index contributed by atoms with van der Waals surface area (Å²) in [6.45, 7) is 2.29. The van der Waals surface area contributed by atoms with Gasteiger partial charge in [0.05, 0.1) is 25.0 Å². The SMILES string of the molecule is N#CCCN(CCC#N)C(=O)C1CCN(c2ncccn2)CC1. The van der Waals surface area contributed by atoms with E-state index in [4.69, 9.17) is 10.5 Å². The molecule has 0 N–H and O–H groups in total. The minimum absolute atomic E-state index is 0.0488.